The zero-order chi connectivity index (χ0) is 30.2. The number of rotatable bonds is 10. The molecule has 1 fully saturated rings. The molecular formula is C30H28F4N4O4. The predicted octanol–water partition coefficient (Wildman–Crippen LogP) is 4.62. The highest BCUT2D eigenvalue weighted by molar-refractivity contribution is 5.94. The second-order valence-corrected chi connectivity index (χ2v) is 10.3. The average molecular weight is 585 g/mol. The zero-order valence-corrected chi connectivity index (χ0v) is 22.5. The van der Waals surface area contributed by atoms with Gasteiger partial charge in [0.25, 0.3) is 5.91 Å². The summed E-state index contributed by atoms with van der Waals surface area (Å²) in [6.45, 7) is 0.399. The lowest BCUT2D eigenvalue weighted by molar-refractivity contribution is -0.265. The van der Waals surface area contributed by atoms with Gasteiger partial charge in [0.15, 0.2) is 0 Å². The first kappa shape index (κ1) is 29.1. The van der Waals surface area contributed by atoms with E-state index in [-0.39, 0.29) is 34.7 Å². The van der Waals surface area contributed by atoms with Gasteiger partial charge in [0, 0.05) is 29.0 Å². The normalized spacial score (nSPS) is 14.9. The van der Waals surface area contributed by atoms with Crippen LogP contribution in [0.15, 0.2) is 60.9 Å². The first-order valence-electron chi connectivity index (χ1n) is 13.3. The second-order valence-electron chi connectivity index (χ2n) is 10.3. The van der Waals surface area contributed by atoms with E-state index in [1.807, 2.05) is 12.3 Å². The first-order valence-corrected chi connectivity index (χ1v) is 13.3. The van der Waals surface area contributed by atoms with Gasteiger partial charge in [-0.25, -0.2) is 9.37 Å². The number of hydrogen-bond acceptors (Lipinski definition) is 5. The number of benzene rings is 1. The first-order chi connectivity index (χ1) is 19.9. The summed E-state index contributed by atoms with van der Waals surface area (Å²) in [5.41, 5.74) is 2.79. The number of carbonyl (C=O) groups is 2. The second kappa shape index (κ2) is 11.1. The molecule has 2 amide bonds. The monoisotopic (exact) mass is 584 g/mol. The molecule has 3 aromatic heterocycles. The molecule has 0 unspecified atom stereocenters. The van der Waals surface area contributed by atoms with Crippen molar-refractivity contribution >= 4 is 17.3 Å². The quantitative estimate of drug-likeness (QED) is 0.235. The van der Waals surface area contributed by atoms with Gasteiger partial charge in [-0.1, -0.05) is 0 Å². The molecule has 1 aliphatic carbocycles. The molecule has 0 saturated heterocycles. The van der Waals surface area contributed by atoms with E-state index < -0.39 is 48.1 Å². The number of carbonyl (C=O) groups excluding carboxylic acids is 2. The highest BCUT2D eigenvalue weighted by Gasteiger charge is 2.56. The lowest BCUT2D eigenvalue weighted by Crippen LogP contribution is -2.51. The predicted molar refractivity (Wildman–Crippen MR) is 145 cm³/mol. The minimum atomic E-state index is -5.31. The van der Waals surface area contributed by atoms with E-state index >= 15 is 0 Å². The topological polar surface area (TPSA) is 119 Å². The Morgan fingerprint density at radius 1 is 1.12 bits per heavy atom. The smallest absolute Gasteiger partial charge is 0.424 e. The fourth-order valence-electron chi connectivity index (χ4n) is 4.78. The Morgan fingerprint density at radius 3 is 2.45 bits per heavy atom. The van der Waals surface area contributed by atoms with Crippen LogP contribution in [0.4, 0.5) is 17.6 Å². The van der Waals surface area contributed by atoms with E-state index in [9.17, 15) is 32.3 Å². The van der Waals surface area contributed by atoms with Crippen LogP contribution >= 0.6 is 0 Å². The molecule has 5 rings (SSSR count). The minimum absolute atomic E-state index is 0.0363. The molecular weight excluding hydrogens is 556 g/mol. The molecule has 0 bridgehead atoms. The molecule has 0 spiro atoms. The van der Waals surface area contributed by atoms with Crippen molar-refractivity contribution in [3.63, 3.8) is 0 Å². The molecule has 0 radical (unpaired) electrons. The van der Waals surface area contributed by atoms with E-state index in [2.05, 4.69) is 10.3 Å². The maximum absolute atomic E-state index is 14.5. The number of nitrogens with zero attached hydrogens (tertiary/aromatic N) is 2. The Hall–Kier alpha value is -4.45. The third-order valence-electron chi connectivity index (χ3n) is 7.14. The number of hydrogen-bond donors (Lipinski definition) is 3. The van der Waals surface area contributed by atoms with Gasteiger partial charge in [0.2, 0.25) is 11.5 Å². The van der Waals surface area contributed by atoms with Crippen LogP contribution in [0.1, 0.15) is 52.9 Å². The summed E-state index contributed by atoms with van der Waals surface area (Å²) in [4.78, 5) is 28.9. The number of primary amides is 1. The van der Waals surface area contributed by atoms with E-state index in [1.165, 1.54) is 24.4 Å². The van der Waals surface area contributed by atoms with Crippen LogP contribution in [0.3, 0.4) is 0 Å². The Bertz CT molecular complexity index is 1650. The Balaban J connectivity index is 1.52. The Kier molecular flexibility index (Phi) is 7.67. The van der Waals surface area contributed by atoms with Gasteiger partial charge < -0.3 is 25.3 Å². The van der Waals surface area contributed by atoms with Crippen molar-refractivity contribution in [2.24, 2.45) is 5.73 Å². The number of alkyl halides is 3. The summed E-state index contributed by atoms with van der Waals surface area (Å²) in [6.07, 6.45) is -0.270. The summed E-state index contributed by atoms with van der Waals surface area (Å²) in [5, 5.41) is 13.3. The van der Waals surface area contributed by atoms with Crippen LogP contribution in [0, 0.1) is 5.82 Å². The number of ether oxygens (including phenoxy) is 1. The summed E-state index contributed by atoms with van der Waals surface area (Å²) in [7, 11) is 0. The van der Waals surface area contributed by atoms with Crippen LogP contribution in [0.2, 0.25) is 0 Å². The number of nitrogens with two attached hydrogens (primary N) is 1. The molecule has 1 saturated carbocycles. The lowest BCUT2D eigenvalue weighted by atomic mass is 9.93. The fraction of sp³-hybridized carbons (Fsp3) is 0.300. The summed E-state index contributed by atoms with van der Waals surface area (Å²) in [6, 6.07) is 10.8. The molecule has 42 heavy (non-hydrogen) atoms. The van der Waals surface area contributed by atoms with Gasteiger partial charge in [-0.05, 0) is 79.8 Å². The van der Waals surface area contributed by atoms with Crippen LogP contribution in [0.5, 0.6) is 5.75 Å². The number of fused-ring (bicyclic) bond motifs is 1. The molecule has 1 aliphatic rings. The van der Waals surface area contributed by atoms with Crippen molar-refractivity contribution in [1.29, 1.82) is 0 Å². The van der Waals surface area contributed by atoms with E-state index in [0.29, 0.717) is 5.92 Å². The van der Waals surface area contributed by atoms with Crippen molar-refractivity contribution < 1.29 is 37.0 Å². The number of halogens is 4. The molecule has 1 atom stereocenters. The van der Waals surface area contributed by atoms with Crippen molar-refractivity contribution in [3.05, 3.63) is 89.1 Å². The van der Waals surface area contributed by atoms with Gasteiger partial charge in [0.05, 0.1) is 30.8 Å². The molecule has 3 heterocycles. The van der Waals surface area contributed by atoms with Gasteiger partial charge in [0.1, 0.15) is 17.3 Å². The highest BCUT2D eigenvalue weighted by Crippen LogP contribution is 2.42. The number of amides is 2. The van der Waals surface area contributed by atoms with E-state index in [0.717, 1.165) is 42.1 Å². The maximum atomic E-state index is 14.5. The van der Waals surface area contributed by atoms with Crippen LogP contribution < -0.4 is 15.8 Å². The number of nitrogens with one attached hydrogen (secondary N) is 1. The largest absolute Gasteiger partial charge is 0.491 e. The molecule has 4 N–H and O–H groups in total. The number of aliphatic hydroxyl groups is 1. The van der Waals surface area contributed by atoms with Gasteiger partial charge >= 0.3 is 6.18 Å². The van der Waals surface area contributed by atoms with Crippen molar-refractivity contribution in [1.82, 2.24) is 14.7 Å². The lowest BCUT2D eigenvalue weighted by Gasteiger charge is -2.31. The SMILES string of the molecule is CCOc1c(CC(N)=O)cc([C@@](O)(CNC(=O)c2ccc3cc(C4CC4)cn3c2)C(F)(F)F)nc1-c1ccc(F)cc1. The number of aromatic nitrogens is 2. The van der Waals surface area contributed by atoms with Gasteiger partial charge in [-0.3, -0.25) is 9.59 Å². The van der Waals surface area contributed by atoms with Crippen LogP contribution in [-0.4, -0.2) is 45.6 Å². The molecule has 0 aliphatic heterocycles. The minimum Gasteiger partial charge on any atom is -0.491 e. The average Bonchev–Trinajstić information content (AvgIpc) is 3.70. The third-order valence-corrected chi connectivity index (χ3v) is 7.14. The molecule has 12 heteroatoms. The van der Waals surface area contributed by atoms with Crippen molar-refractivity contribution in [3.8, 4) is 17.0 Å². The van der Waals surface area contributed by atoms with E-state index in [1.54, 1.807) is 17.4 Å². The van der Waals surface area contributed by atoms with Crippen LogP contribution in [0.25, 0.3) is 16.8 Å². The highest BCUT2D eigenvalue weighted by atomic mass is 19.4. The zero-order valence-electron chi connectivity index (χ0n) is 22.5. The standard InChI is InChI=1S/C30H28F4N4O4/c1-2-42-27-20(13-25(35)39)12-24(37-26(27)18-5-8-22(31)9-6-18)29(41,30(32,33)34)16-36-28(40)19-7-10-23-11-21(17-3-4-17)15-38(23)14-19/h5-12,14-15,17,41H,2-4,13,16H2,1H3,(H2,35,39)(H,36,40)/t29-/m0/s1. The van der Waals surface area contributed by atoms with Crippen molar-refractivity contribution in [2.75, 3.05) is 13.2 Å². The van der Waals surface area contributed by atoms with Crippen molar-refractivity contribution in [2.45, 2.75) is 43.9 Å². The molecule has 8 nitrogen and oxygen atoms in total. The Labute approximate surface area is 238 Å². The summed E-state index contributed by atoms with van der Waals surface area (Å²) < 4.78 is 64.6. The van der Waals surface area contributed by atoms with Gasteiger partial charge in [-0.2, -0.15) is 13.2 Å². The number of pyridine rings is 2. The summed E-state index contributed by atoms with van der Waals surface area (Å²) >= 11 is 0. The van der Waals surface area contributed by atoms with E-state index in [4.69, 9.17) is 10.5 Å². The maximum Gasteiger partial charge on any atom is 0.424 e. The summed E-state index contributed by atoms with van der Waals surface area (Å²) in [5.74, 6) is -1.87. The fourth-order valence-corrected chi connectivity index (χ4v) is 4.78. The van der Waals surface area contributed by atoms with Crippen LogP contribution in [-0.2, 0) is 16.8 Å². The molecule has 220 valence electrons. The Morgan fingerprint density at radius 2 is 1.83 bits per heavy atom. The molecule has 1 aromatic carbocycles. The van der Waals surface area contributed by atoms with Gasteiger partial charge in [-0.15, -0.1) is 0 Å². The third kappa shape index (κ3) is 5.80. The molecule has 4 aromatic rings.